The highest BCUT2D eigenvalue weighted by atomic mass is 16.6. The van der Waals surface area contributed by atoms with Crippen LogP contribution in [0.5, 0.6) is 0 Å². The van der Waals surface area contributed by atoms with Gasteiger partial charge in [0.1, 0.15) is 13.6 Å². The Morgan fingerprint density at radius 2 is 1.09 bits per heavy atom. The molecule has 1 aromatic carbocycles. The van der Waals surface area contributed by atoms with Gasteiger partial charge < -0.3 is 48.8 Å². The molecule has 0 heterocycles. The summed E-state index contributed by atoms with van der Waals surface area (Å²) < 4.78 is 30.9. The van der Waals surface area contributed by atoms with Gasteiger partial charge in [-0.15, -0.1) is 0 Å². The van der Waals surface area contributed by atoms with Gasteiger partial charge in [-0.25, -0.2) is 9.59 Å². The van der Waals surface area contributed by atoms with Crippen LogP contribution in [-0.4, -0.2) is 98.8 Å². The van der Waals surface area contributed by atoms with Gasteiger partial charge in [0, 0.05) is 0 Å². The molecule has 0 aliphatic heterocycles. The number of aliphatic hydroxyl groups is 2. The monoisotopic (exact) mass is 462 g/mol. The van der Waals surface area contributed by atoms with Crippen LogP contribution in [0.2, 0.25) is 0 Å². The Hall–Kier alpha value is -2.16. The summed E-state index contributed by atoms with van der Waals surface area (Å²) in [5, 5.41) is 35.8. The summed E-state index contributed by atoms with van der Waals surface area (Å²) in [7, 11) is 0. The maximum atomic E-state index is 11.7. The second kappa shape index (κ2) is 17.4. The van der Waals surface area contributed by atoms with Crippen molar-refractivity contribution in [3.05, 3.63) is 34.4 Å². The number of carboxylic acids is 2. The Morgan fingerprint density at radius 3 is 1.56 bits per heavy atom. The first-order chi connectivity index (χ1) is 15.5. The lowest BCUT2D eigenvalue weighted by molar-refractivity contribution is -0.0386. The number of benzene rings is 1. The first kappa shape index (κ1) is 27.9. The smallest absolute Gasteiger partial charge is 0.336 e. The minimum atomic E-state index is -1.28. The Bertz CT molecular complexity index is 679. The van der Waals surface area contributed by atoms with Gasteiger partial charge in [0.25, 0.3) is 0 Å². The van der Waals surface area contributed by atoms with Crippen LogP contribution in [0.3, 0.4) is 0 Å². The van der Waals surface area contributed by atoms with E-state index in [1.54, 1.807) is 0 Å². The minimum Gasteiger partial charge on any atom is -0.478 e. The molecule has 0 aromatic heterocycles. The van der Waals surface area contributed by atoms with Gasteiger partial charge >= 0.3 is 11.9 Å². The van der Waals surface area contributed by atoms with E-state index in [2.05, 4.69) is 0 Å². The summed E-state index contributed by atoms with van der Waals surface area (Å²) in [5.41, 5.74) is 0.332. The zero-order chi connectivity index (χ0) is 23.6. The molecule has 0 atom stereocenters. The number of aliphatic hydroxyl groups excluding tert-OH is 2. The van der Waals surface area contributed by atoms with Crippen molar-refractivity contribution in [1.82, 2.24) is 0 Å². The summed E-state index contributed by atoms with van der Waals surface area (Å²) in [6.07, 6.45) is 0. The number of carbonyl (C=O) groups is 2. The van der Waals surface area contributed by atoms with Crippen molar-refractivity contribution in [2.45, 2.75) is 13.2 Å². The highest BCUT2D eigenvalue weighted by Crippen LogP contribution is 2.21. The molecule has 0 unspecified atom stereocenters. The molecule has 0 saturated heterocycles. The van der Waals surface area contributed by atoms with Crippen molar-refractivity contribution in [3.63, 3.8) is 0 Å². The lowest BCUT2D eigenvalue weighted by Gasteiger charge is -2.15. The fourth-order valence-electron chi connectivity index (χ4n) is 2.51. The number of ether oxygens (including phenoxy) is 6. The van der Waals surface area contributed by atoms with Gasteiger partial charge in [-0.1, -0.05) is 0 Å². The van der Waals surface area contributed by atoms with E-state index in [9.17, 15) is 19.8 Å². The summed E-state index contributed by atoms with van der Waals surface area (Å²) in [6, 6.07) is 2.44. The Balaban J connectivity index is 2.67. The van der Waals surface area contributed by atoms with Gasteiger partial charge in [0.15, 0.2) is 0 Å². The minimum absolute atomic E-state index is 0.0361. The van der Waals surface area contributed by atoms with Gasteiger partial charge in [-0.2, -0.15) is 0 Å². The molecule has 0 fully saturated rings. The predicted molar refractivity (Wildman–Crippen MR) is 107 cm³/mol. The molecule has 0 aliphatic rings. The van der Waals surface area contributed by atoms with Crippen LogP contribution in [0.4, 0.5) is 0 Å². The SMILES string of the molecule is O=C(O)c1cc(COCCOCCOCO)c(COCCOCCOCO)c(C(=O)O)c1. The topological polar surface area (TPSA) is 170 Å². The molecular formula is C20H30O12. The van der Waals surface area contributed by atoms with E-state index in [-0.39, 0.29) is 90.8 Å². The highest BCUT2D eigenvalue weighted by Gasteiger charge is 2.19. The molecule has 12 heteroatoms. The highest BCUT2D eigenvalue weighted by molar-refractivity contribution is 5.95. The van der Waals surface area contributed by atoms with Crippen molar-refractivity contribution < 1.29 is 58.4 Å². The van der Waals surface area contributed by atoms with Crippen LogP contribution < -0.4 is 0 Å². The summed E-state index contributed by atoms with van der Waals surface area (Å²) >= 11 is 0. The average molecular weight is 462 g/mol. The zero-order valence-electron chi connectivity index (χ0n) is 17.7. The lowest BCUT2D eigenvalue weighted by atomic mass is 9.98. The molecule has 182 valence electrons. The number of rotatable bonds is 20. The van der Waals surface area contributed by atoms with Crippen LogP contribution in [0.1, 0.15) is 31.8 Å². The molecule has 4 N–H and O–H groups in total. The van der Waals surface area contributed by atoms with E-state index in [1.807, 2.05) is 0 Å². The quantitative estimate of drug-likeness (QED) is 0.152. The Kier molecular flexibility index (Phi) is 15.2. The summed E-state index contributed by atoms with van der Waals surface area (Å²) in [5.74, 6) is -2.54. The summed E-state index contributed by atoms with van der Waals surface area (Å²) in [4.78, 5) is 23.1. The molecule has 0 bridgehead atoms. The van der Waals surface area contributed by atoms with E-state index in [0.717, 1.165) is 6.07 Å². The first-order valence-electron chi connectivity index (χ1n) is 9.81. The predicted octanol–water partition coefficient (Wildman–Crippen LogP) is 0.0822. The lowest BCUT2D eigenvalue weighted by Crippen LogP contribution is -2.15. The van der Waals surface area contributed by atoms with Crippen LogP contribution >= 0.6 is 0 Å². The van der Waals surface area contributed by atoms with Crippen LogP contribution in [0.25, 0.3) is 0 Å². The van der Waals surface area contributed by atoms with Crippen molar-refractivity contribution in [2.75, 3.05) is 66.4 Å². The summed E-state index contributed by atoms with van der Waals surface area (Å²) in [6.45, 7) is 0.938. The van der Waals surface area contributed by atoms with E-state index >= 15 is 0 Å². The molecule has 0 saturated carbocycles. The maximum absolute atomic E-state index is 11.7. The second-order valence-corrected chi connectivity index (χ2v) is 6.18. The van der Waals surface area contributed by atoms with Crippen LogP contribution in [0.15, 0.2) is 12.1 Å². The van der Waals surface area contributed by atoms with Gasteiger partial charge in [0.2, 0.25) is 0 Å². The molecule has 0 amide bonds. The van der Waals surface area contributed by atoms with Crippen LogP contribution in [0, 0.1) is 0 Å². The van der Waals surface area contributed by atoms with E-state index in [1.165, 1.54) is 6.07 Å². The number of carboxylic acid groups (broad SMARTS) is 2. The molecule has 1 rings (SSSR count). The molecule has 12 nitrogen and oxygen atoms in total. The largest absolute Gasteiger partial charge is 0.478 e. The third kappa shape index (κ3) is 11.5. The molecule has 0 spiro atoms. The van der Waals surface area contributed by atoms with E-state index in [0.29, 0.717) is 11.1 Å². The first-order valence-corrected chi connectivity index (χ1v) is 9.81. The van der Waals surface area contributed by atoms with Crippen molar-refractivity contribution in [1.29, 1.82) is 0 Å². The van der Waals surface area contributed by atoms with Gasteiger partial charge in [-0.3, -0.25) is 0 Å². The molecule has 0 aliphatic carbocycles. The molecule has 1 aromatic rings. The number of hydrogen-bond donors (Lipinski definition) is 4. The van der Waals surface area contributed by atoms with Gasteiger partial charge in [-0.05, 0) is 23.3 Å². The fourth-order valence-corrected chi connectivity index (χ4v) is 2.51. The number of aromatic carboxylic acids is 2. The molecular weight excluding hydrogens is 432 g/mol. The van der Waals surface area contributed by atoms with E-state index < -0.39 is 11.9 Å². The average Bonchev–Trinajstić information content (AvgIpc) is 2.77. The number of hydrogen-bond acceptors (Lipinski definition) is 10. The van der Waals surface area contributed by atoms with Crippen molar-refractivity contribution in [2.24, 2.45) is 0 Å². The van der Waals surface area contributed by atoms with Gasteiger partial charge in [0.05, 0.1) is 77.2 Å². The van der Waals surface area contributed by atoms with E-state index in [4.69, 9.17) is 38.6 Å². The third-order valence-electron chi connectivity index (χ3n) is 3.99. The normalized spacial score (nSPS) is 11.1. The third-order valence-corrected chi connectivity index (χ3v) is 3.99. The van der Waals surface area contributed by atoms with Crippen molar-refractivity contribution in [3.8, 4) is 0 Å². The standard InChI is InChI=1S/C20H30O12/c21-13-31-7-3-27-1-5-29-11-16-9-15(19(23)24)10-17(20(25)26)18(16)12-30-6-2-28-4-8-32-14-22/h9-10,21-22H,1-8,11-14H2,(H,23,24)(H,25,26). The fraction of sp³-hybridized carbons (Fsp3) is 0.600. The Labute approximate surface area is 185 Å². The second-order valence-electron chi connectivity index (χ2n) is 6.18. The van der Waals surface area contributed by atoms with Crippen molar-refractivity contribution >= 4 is 11.9 Å². The maximum Gasteiger partial charge on any atom is 0.336 e. The molecule has 32 heavy (non-hydrogen) atoms. The zero-order valence-corrected chi connectivity index (χ0v) is 17.7. The Morgan fingerprint density at radius 1 is 0.625 bits per heavy atom. The van der Waals surface area contributed by atoms with Crippen LogP contribution in [-0.2, 0) is 41.6 Å². The molecule has 0 radical (unpaired) electrons.